The zero-order valence-corrected chi connectivity index (χ0v) is 10.3. The van der Waals surface area contributed by atoms with Crippen LogP contribution in [0.15, 0.2) is 4.42 Å². The van der Waals surface area contributed by atoms with E-state index in [1.54, 1.807) is 13.8 Å². The lowest BCUT2D eigenvalue weighted by molar-refractivity contribution is -0.137. The minimum absolute atomic E-state index is 0.00571. The average molecular weight is 256 g/mol. The summed E-state index contributed by atoms with van der Waals surface area (Å²) < 4.78 is 5.32. The van der Waals surface area contributed by atoms with Crippen LogP contribution in [0.2, 0.25) is 0 Å². The van der Waals surface area contributed by atoms with Crippen molar-refractivity contribution in [1.29, 1.82) is 0 Å². The van der Waals surface area contributed by atoms with Gasteiger partial charge in [-0.25, -0.2) is 4.79 Å². The van der Waals surface area contributed by atoms with Gasteiger partial charge >= 0.3 is 11.9 Å². The van der Waals surface area contributed by atoms with Crippen LogP contribution in [-0.4, -0.2) is 27.3 Å². The van der Waals surface area contributed by atoms with E-state index in [0.29, 0.717) is 12.0 Å². The molecule has 6 nitrogen and oxygen atoms in total. The average Bonchev–Trinajstić information content (AvgIpc) is 2.62. The number of aliphatic hydroxyl groups is 1. The molecule has 18 heavy (non-hydrogen) atoms. The summed E-state index contributed by atoms with van der Waals surface area (Å²) in [5.74, 6) is -1.90. The number of carbonyl (C=O) groups is 2. The van der Waals surface area contributed by atoms with E-state index in [2.05, 4.69) is 0 Å². The SMILES string of the molecule is CC[C@H](O)c1oc(CCC(=O)O)c(C(=O)O)c1C. The molecule has 1 rings (SSSR count). The number of aryl methyl sites for hydroxylation is 1. The Hall–Kier alpha value is -1.82. The van der Waals surface area contributed by atoms with E-state index in [0.717, 1.165) is 0 Å². The number of carboxylic acids is 2. The minimum Gasteiger partial charge on any atom is -0.481 e. The third kappa shape index (κ3) is 2.89. The molecule has 6 heteroatoms. The van der Waals surface area contributed by atoms with Crippen molar-refractivity contribution < 1.29 is 29.3 Å². The van der Waals surface area contributed by atoms with Gasteiger partial charge in [0.05, 0.1) is 6.42 Å². The lowest BCUT2D eigenvalue weighted by atomic mass is 10.0. The summed E-state index contributed by atoms with van der Waals surface area (Å²) in [5, 5.41) is 27.4. The van der Waals surface area contributed by atoms with E-state index in [-0.39, 0.29) is 29.9 Å². The van der Waals surface area contributed by atoms with E-state index >= 15 is 0 Å². The molecule has 0 saturated carbocycles. The Labute approximate surface area is 104 Å². The van der Waals surface area contributed by atoms with E-state index in [1.165, 1.54) is 0 Å². The van der Waals surface area contributed by atoms with Crippen molar-refractivity contribution in [2.75, 3.05) is 0 Å². The lowest BCUT2D eigenvalue weighted by Gasteiger charge is -2.04. The highest BCUT2D eigenvalue weighted by Gasteiger charge is 2.25. The Morgan fingerprint density at radius 1 is 1.33 bits per heavy atom. The fourth-order valence-corrected chi connectivity index (χ4v) is 1.77. The van der Waals surface area contributed by atoms with Crippen LogP contribution in [0.5, 0.6) is 0 Å². The molecule has 0 unspecified atom stereocenters. The fourth-order valence-electron chi connectivity index (χ4n) is 1.77. The molecule has 0 saturated heterocycles. The molecule has 100 valence electrons. The van der Waals surface area contributed by atoms with Crippen molar-refractivity contribution in [3.05, 3.63) is 22.6 Å². The zero-order valence-electron chi connectivity index (χ0n) is 10.3. The van der Waals surface area contributed by atoms with Crippen LogP contribution < -0.4 is 0 Å². The van der Waals surface area contributed by atoms with Crippen molar-refractivity contribution in [2.24, 2.45) is 0 Å². The van der Waals surface area contributed by atoms with Crippen LogP contribution in [0.1, 0.15) is 53.3 Å². The molecule has 0 bridgehead atoms. The predicted octanol–water partition coefficient (Wildman–Crippen LogP) is 1.75. The molecule has 0 aliphatic carbocycles. The van der Waals surface area contributed by atoms with Crippen molar-refractivity contribution in [3.63, 3.8) is 0 Å². The van der Waals surface area contributed by atoms with Crippen molar-refractivity contribution >= 4 is 11.9 Å². The fraction of sp³-hybridized carbons (Fsp3) is 0.500. The third-order valence-corrected chi connectivity index (χ3v) is 2.73. The summed E-state index contributed by atoms with van der Waals surface area (Å²) in [6.45, 7) is 3.29. The van der Waals surface area contributed by atoms with Gasteiger partial charge in [0.15, 0.2) is 0 Å². The van der Waals surface area contributed by atoms with E-state index in [9.17, 15) is 14.7 Å². The van der Waals surface area contributed by atoms with Gasteiger partial charge in [-0.15, -0.1) is 0 Å². The minimum atomic E-state index is -1.17. The Kier molecular flexibility index (Phi) is 4.49. The van der Waals surface area contributed by atoms with Gasteiger partial charge < -0.3 is 19.7 Å². The summed E-state index contributed by atoms with van der Waals surface area (Å²) >= 11 is 0. The molecular formula is C12H16O6. The highest BCUT2D eigenvalue weighted by molar-refractivity contribution is 5.91. The zero-order chi connectivity index (χ0) is 13.9. The number of rotatable bonds is 6. The first-order chi connectivity index (χ1) is 8.38. The number of hydrogen-bond donors (Lipinski definition) is 3. The van der Waals surface area contributed by atoms with Crippen LogP contribution in [0.25, 0.3) is 0 Å². The molecule has 3 N–H and O–H groups in total. The molecular weight excluding hydrogens is 240 g/mol. The smallest absolute Gasteiger partial charge is 0.339 e. The summed E-state index contributed by atoms with van der Waals surface area (Å²) in [6.07, 6.45) is -0.698. The van der Waals surface area contributed by atoms with Gasteiger partial charge in [-0.2, -0.15) is 0 Å². The summed E-state index contributed by atoms with van der Waals surface area (Å²) in [7, 11) is 0. The van der Waals surface area contributed by atoms with Gasteiger partial charge in [0.1, 0.15) is 23.2 Å². The first-order valence-corrected chi connectivity index (χ1v) is 5.63. The van der Waals surface area contributed by atoms with Gasteiger partial charge in [0.2, 0.25) is 0 Å². The van der Waals surface area contributed by atoms with Crippen molar-refractivity contribution in [3.8, 4) is 0 Å². The number of aromatic carboxylic acids is 1. The van der Waals surface area contributed by atoms with Crippen LogP contribution in [0.4, 0.5) is 0 Å². The third-order valence-electron chi connectivity index (χ3n) is 2.73. The Balaban J connectivity index is 3.15. The molecule has 0 aliphatic rings. The van der Waals surface area contributed by atoms with Gasteiger partial charge in [-0.3, -0.25) is 4.79 Å². The number of aliphatic carboxylic acids is 1. The van der Waals surface area contributed by atoms with Crippen LogP contribution >= 0.6 is 0 Å². The summed E-state index contributed by atoms with van der Waals surface area (Å²) in [5.41, 5.74) is 0.316. The number of furan rings is 1. The quantitative estimate of drug-likeness (QED) is 0.715. The summed E-state index contributed by atoms with van der Waals surface area (Å²) in [4.78, 5) is 21.6. The van der Waals surface area contributed by atoms with Gasteiger partial charge in [0.25, 0.3) is 0 Å². The lowest BCUT2D eigenvalue weighted by Crippen LogP contribution is -2.04. The Morgan fingerprint density at radius 3 is 2.39 bits per heavy atom. The number of aliphatic hydroxyl groups excluding tert-OH is 1. The van der Waals surface area contributed by atoms with Gasteiger partial charge in [-0.05, 0) is 13.3 Å². The molecule has 0 spiro atoms. The van der Waals surface area contributed by atoms with Crippen LogP contribution in [0, 0.1) is 6.92 Å². The highest BCUT2D eigenvalue weighted by Crippen LogP contribution is 2.29. The normalized spacial score (nSPS) is 12.4. The molecule has 1 aromatic rings. The van der Waals surface area contributed by atoms with Crippen molar-refractivity contribution in [1.82, 2.24) is 0 Å². The molecule has 0 aromatic carbocycles. The van der Waals surface area contributed by atoms with Gasteiger partial charge in [-0.1, -0.05) is 6.92 Å². The van der Waals surface area contributed by atoms with E-state index in [4.69, 9.17) is 14.6 Å². The van der Waals surface area contributed by atoms with Crippen LogP contribution in [0.3, 0.4) is 0 Å². The topological polar surface area (TPSA) is 108 Å². The van der Waals surface area contributed by atoms with E-state index < -0.39 is 18.0 Å². The second kappa shape index (κ2) is 5.68. The number of carboxylic acid groups (broad SMARTS) is 2. The van der Waals surface area contributed by atoms with Crippen molar-refractivity contribution in [2.45, 2.75) is 39.2 Å². The molecule has 1 aromatic heterocycles. The summed E-state index contributed by atoms with van der Waals surface area (Å²) in [6, 6.07) is 0. The monoisotopic (exact) mass is 256 g/mol. The largest absolute Gasteiger partial charge is 0.481 e. The first kappa shape index (κ1) is 14.2. The Morgan fingerprint density at radius 2 is 1.94 bits per heavy atom. The molecule has 0 fully saturated rings. The Bertz CT molecular complexity index is 459. The first-order valence-electron chi connectivity index (χ1n) is 5.63. The van der Waals surface area contributed by atoms with E-state index in [1.807, 2.05) is 0 Å². The number of hydrogen-bond acceptors (Lipinski definition) is 4. The maximum atomic E-state index is 11.1. The van der Waals surface area contributed by atoms with Crippen LogP contribution in [-0.2, 0) is 11.2 Å². The maximum Gasteiger partial charge on any atom is 0.339 e. The second-order valence-electron chi connectivity index (χ2n) is 4.01. The molecule has 1 atom stereocenters. The molecule has 0 aliphatic heterocycles. The molecule has 0 amide bonds. The standard InChI is InChI=1S/C12H16O6/c1-3-7(13)11-6(2)10(12(16)17)8(18-11)4-5-9(14)15/h7,13H,3-5H2,1-2H3,(H,14,15)(H,16,17)/t7-/m0/s1. The molecule has 1 heterocycles. The predicted molar refractivity (Wildman–Crippen MR) is 61.6 cm³/mol. The molecule has 0 radical (unpaired) electrons. The highest BCUT2D eigenvalue weighted by atomic mass is 16.4. The van der Waals surface area contributed by atoms with Gasteiger partial charge in [0, 0.05) is 12.0 Å². The second-order valence-corrected chi connectivity index (χ2v) is 4.01. The maximum absolute atomic E-state index is 11.1.